The van der Waals surface area contributed by atoms with Crippen molar-refractivity contribution in [2.45, 2.75) is 199 Å². The van der Waals surface area contributed by atoms with Crippen molar-refractivity contribution >= 4 is 7.92 Å². The van der Waals surface area contributed by atoms with Gasteiger partial charge in [-0.15, -0.1) is 7.92 Å². The molecule has 1 heteroatoms. The summed E-state index contributed by atoms with van der Waals surface area (Å²) in [4.78, 5) is 0. The van der Waals surface area contributed by atoms with Crippen molar-refractivity contribution in [3.63, 3.8) is 0 Å². The molecule has 0 amide bonds. The lowest BCUT2D eigenvalue weighted by molar-refractivity contribution is 0.457. The predicted octanol–water partition coefficient (Wildman–Crippen LogP) is 13.1. The van der Waals surface area contributed by atoms with Gasteiger partial charge in [-0.2, -0.15) is 0 Å². The summed E-state index contributed by atoms with van der Waals surface area (Å²) >= 11 is 0. The molecule has 0 aliphatic carbocycles. The first-order chi connectivity index (χ1) is 16.6. The molecular weight excluding hydrogens is 427 g/mol. The lowest BCUT2D eigenvalue weighted by atomic mass is 9.94. The van der Waals surface area contributed by atoms with Gasteiger partial charge in [0.25, 0.3) is 0 Å². The third-order valence-corrected chi connectivity index (χ3v) is 11.1. The maximum absolute atomic E-state index is 2.62. The minimum atomic E-state index is 0.174. The van der Waals surface area contributed by atoms with Crippen LogP contribution < -0.4 is 0 Å². The van der Waals surface area contributed by atoms with Crippen molar-refractivity contribution in [1.29, 1.82) is 0 Å². The van der Waals surface area contributed by atoms with Gasteiger partial charge in [0.05, 0.1) is 0 Å². The molecule has 0 heterocycles. The van der Waals surface area contributed by atoms with Crippen LogP contribution in [0.1, 0.15) is 194 Å². The Morgan fingerprint density at radius 2 is 0.559 bits per heavy atom. The van der Waals surface area contributed by atoms with E-state index in [1.54, 1.807) is 0 Å². The number of unbranched alkanes of at least 4 members (excludes halogenated alkanes) is 23. The molecule has 1 atom stereocenters. The van der Waals surface area contributed by atoms with E-state index in [9.17, 15) is 0 Å². The summed E-state index contributed by atoms with van der Waals surface area (Å²) in [5, 5.41) is 0.644. The van der Waals surface area contributed by atoms with E-state index in [1.165, 1.54) is 173 Å². The van der Waals surface area contributed by atoms with E-state index in [1.807, 2.05) is 0 Å². The van der Waals surface area contributed by atoms with E-state index in [4.69, 9.17) is 0 Å². The second-order valence-corrected chi connectivity index (χ2v) is 14.9. The molecule has 1 unspecified atom stereocenters. The van der Waals surface area contributed by atoms with Crippen LogP contribution in [-0.2, 0) is 0 Å². The van der Waals surface area contributed by atoms with E-state index < -0.39 is 0 Å². The molecule has 0 radical (unpaired) electrons. The Morgan fingerprint density at radius 1 is 0.353 bits per heavy atom. The zero-order valence-corrected chi connectivity index (χ0v) is 25.9. The molecule has 0 saturated carbocycles. The second-order valence-electron chi connectivity index (χ2n) is 12.0. The lowest BCUT2D eigenvalue weighted by Gasteiger charge is -2.34. The van der Waals surface area contributed by atoms with Crippen molar-refractivity contribution < 1.29 is 0 Å². The summed E-state index contributed by atoms with van der Waals surface area (Å²) < 4.78 is 0. The van der Waals surface area contributed by atoms with E-state index >= 15 is 0 Å². The van der Waals surface area contributed by atoms with Gasteiger partial charge in [-0.25, -0.2) is 0 Å². The fourth-order valence-electron chi connectivity index (χ4n) is 5.44. The van der Waals surface area contributed by atoms with Crippen LogP contribution in [0.15, 0.2) is 0 Å². The summed E-state index contributed by atoms with van der Waals surface area (Å²) in [5.41, 5.74) is 0. The number of rotatable bonds is 28. The lowest BCUT2D eigenvalue weighted by Crippen LogP contribution is -2.21. The SMILES string of the molecule is CCCCCCCCCCCCCCCC(C)(CCCCCCCCCCCCCC)P(C)C. The van der Waals surface area contributed by atoms with Gasteiger partial charge in [0.15, 0.2) is 0 Å². The third kappa shape index (κ3) is 22.9. The summed E-state index contributed by atoms with van der Waals surface area (Å²) in [5.74, 6) is 0. The highest BCUT2D eigenvalue weighted by molar-refractivity contribution is 7.57. The summed E-state index contributed by atoms with van der Waals surface area (Å²) in [6, 6.07) is 0. The Kier molecular flexibility index (Phi) is 26.8. The normalized spacial score (nSPS) is 13.6. The Hall–Kier alpha value is 0.430. The predicted molar refractivity (Wildman–Crippen MR) is 163 cm³/mol. The standard InChI is InChI=1S/C33H69P/c1-6-8-10-12-14-16-18-20-22-24-26-28-30-32-33(3,34(4)5)31-29-27-25-23-21-19-17-15-13-11-9-7-2/h6-32H2,1-5H3. The summed E-state index contributed by atoms with van der Waals surface area (Å²) in [6.07, 6.45) is 39.7. The Balaban J connectivity index is 3.57. The van der Waals surface area contributed by atoms with Crippen molar-refractivity contribution in [3.05, 3.63) is 0 Å². The smallest absolute Gasteiger partial charge is 0.0128 e. The molecule has 0 aromatic rings. The van der Waals surface area contributed by atoms with Gasteiger partial charge in [-0.1, -0.05) is 181 Å². The Morgan fingerprint density at radius 3 is 0.765 bits per heavy atom. The molecular formula is C33H69P. The molecule has 0 N–H and O–H groups in total. The van der Waals surface area contributed by atoms with Crippen molar-refractivity contribution in [2.24, 2.45) is 0 Å². The van der Waals surface area contributed by atoms with E-state index in [2.05, 4.69) is 34.1 Å². The van der Waals surface area contributed by atoms with Crippen LogP contribution in [0.4, 0.5) is 0 Å². The molecule has 0 aliphatic heterocycles. The fourth-order valence-corrected chi connectivity index (χ4v) is 6.65. The van der Waals surface area contributed by atoms with Crippen molar-refractivity contribution in [3.8, 4) is 0 Å². The fraction of sp³-hybridized carbons (Fsp3) is 1.00. The first-order valence-electron chi connectivity index (χ1n) is 16.2. The van der Waals surface area contributed by atoms with E-state index in [0.29, 0.717) is 5.16 Å². The van der Waals surface area contributed by atoms with Crippen LogP contribution in [0, 0.1) is 0 Å². The minimum absolute atomic E-state index is 0.174. The van der Waals surface area contributed by atoms with E-state index in [0.717, 1.165) is 0 Å². The monoisotopic (exact) mass is 497 g/mol. The largest absolute Gasteiger partial charge is 0.107 e. The van der Waals surface area contributed by atoms with Gasteiger partial charge in [-0.05, 0) is 31.3 Å². The second kappa shape index (κ2) is 26.5. The minimum Gasteiger partial charge on any atom is -0.107 e. The topological polar surface area (TPSA) is 0 Å². The number of hydrogen-bond acceptors (Lipinski definition) is 0. The van der Waals surface area contributed by atoms with Gasteiger partial charge in [0, 0.05) is 0 Å². The van der Waals surface area contributed by atoms with Gasteiger partial charge in [0.1, 0.15) is 0 Å². The molecule has 0 aromatic carbocycles. The Bertz CT molecular complexity index is 377. The van der Waals surface area contributed by atoms with Crippen LogP contribution in [0.5, 0.6) is 0 Å². The van der Waals surface area contributed by atoms with Gasteiger partial charge >= 0.3 is 0 Å². The van der Waals surface area contributed by atoms with Crippen LogP contribution >= 0.6 is 7.92 Å². The van der Waals surface area contributed by atoms with Crippen molar-refractivity contribution in [2.75, 3.05) is 13.3 Å². The molecule has 0 rings (SSSR count). The Labute approximate surface area is 220 Å². The first kappa shape index (κ1) is 34.4. The third-order valence-electron chi connectivity index (χ3n) is 8.47. The summed E-state index contributed by atoms with van der Waals surface area (Å²) in [7, 11) is 0.174. The molecule has 206 valence electrons. The van der Waals surface area contributed by atoms with Gasteiger partial charge < -0.3 is 0 Å². The molecule has 0 saturated heterocycles. The molecule has 0 fully saturated rings. The molecule has 0 nitrogen and oxygen atoms in total. The molecule has 0 bridgehead atoms. The average Bonchev–Trinajstić information content (AvgIpc) is 2.82. The highest BCUT2D eigenvalue weighted by Crippen LogP contribution is 2.49. The van der Waals surface area contributed by atoms with Crippen LogP contribution in [0.2, 0.25) is 0 Å². The van der Waals surface area contributed by atoms with E-state index in [-0.39, 0.29) is 7.92 Å². The quantitative estimate of drug-likeness (QED) is 0.0746. The summed E-state index contributed by atoms with van der Waals surface area (Å²) in [6.45, 7) is 12.3. The zero-order valence-electron chi connectivity index (χ0n) is 25.0. The highest BCUT2D eigenvalue weighted by Gasteiger charge is 2.26. The molecule has 0 aromatic heterocycles. The first-order valence-corrected chi connectivity index (χ1v) is 18.5. The zero-order chi connectivity index (χ0) is 25.2. The average molecular weight is 497 g/mol. The highest BCUT2D eigenvalue weighted by atomic mass is 31.1. The van der Waals surface area contributed by atoms with Crippen molar-refractivity contribution in [1.82, 2.24) is 0 Å². The van der Waals surface area contributed by atoms with Crippen LogP contribution in [0.25, 0.3) is 0 Å². The molecule has 0 aliphatic rings. The maximum Gasteiger partial charge on any atom is -0.0128 e. The van der Waals surface area contributed by atoms with Gasteiger partial charge in [0.2, 0.25) is 0 Å². The molecule has 34 heavy (non-hydrogen) atoms. The molecule has 0 spiro atoms. The van der Waals surface area contributed by atoms with Gasteiger partial charge in [-0.3, -0.25) is 0 Å². The number of hydrogen-bond donors (Lipinski definition) is 0. The van der Waals surface area contributed by atoms with Crippen LogP contribution in [0.3, 0.4) is 0 Å². The maximum atomic E-state index is 2.62. The van der Waals surface area contributed by atoms with Crippen LogP contribution in [-0.4, -0.2) is 18.5 Å².